The molecule has 2 fully saturated rings. The van der Waals surface area contributed by atoms with Crippen molar-refractivity contribution in [2.45, 2.75) is 24.7 Å². The molecular formula is C11H12O2. The first-order valence-electron chi connectivity index (χ1n) is 4.77. The van der Waals surface area contributed by atoms with Gasteiger partial charge in [-0.15, -0.1) is 0 Å². The van der Waals surface area contributed by atoms with E-state index in [1.165, 1.54) is 5.56 Å². The molecule has 0 radical (unpaired) electrons. The monoisotopic (exact) mass is 176 g/mol. The summed E-state index contributed by atoms with van der Waals surface area (Å²) in [5.74, 6) is 0. The van der Waals surface area contributed by atoms with Gasteiger partial charge in [0.2, 0.25) is 0 Å². The summed E-state index contributed by atoms with van der Waals surface area (Å²) in [5, 5.41) is 0. The molecule has 2 heteroatoms. The van der Waals surface area contributed by atoms with Crippen LogP contribution < -0.4 is 0 Å². The van der Waals surface area contributed by atoms with E-state index in [0.717, 1.165) is 13.0 Å². The zero-order chi connectivity index (χ0) is 8.67. The first kappa shape index (κ1) is 7.54. The van der Waals surface area contributed by atoms with E-state index in [1.807, 2.05) is 18.2 Å². The summed E-state index contributed by atoms with van der Waals surface area (Å²) in [6.45, 7) is 0.860. The number of ether oxygens (including phenoxy) is 2. The third-order valence-corrected chi connectivity index (χ3v) is 2.83. The Kier molecular flexibility index (Phi) is 1.64. The fourth-order valence-corrected chi connectivity index (χ4v) is 2.11. The maximum atomic E-state index is 5.72. The van der Waals surface area contributed by atoms with Gasteiger partial charge < -0.3 is 9.47 Å². The second-order valence-corrected chi connectivity index (χ2v) is 3.63. The van der Waals surface area contributed by atoms with Gasteiger partial charge in [0.25, 0.3) is 0 Å². The average molecular weight is 176 g/mol. The highest BCUT2D eigenvalue weighted by molar-refractivity contribution is 5.22. The second-order valence-electron chi connectivity index (χ2n) is 3.63. The third-order valence-electron chi connectivity index (χ3n) is 2.83. The van der Waals surface area contributed by atoms with Crippen LogP contribution in [0.3, 0.4) is 0 Å². The third kappa shape index (κ3) is 1.10. The molecule has 2 saturated heterocycles. The SMILES string of the molecule is c1ccc([C@@H]2OC3CCOC32)cc1. The van der Waals surface area contributed by atoms with Gasteiger partial charge in [-0.05, 0) is 12.0 Å². The molecule has 1 aromatic carbocycles. The van der Waals surface area contributed by atoms with Crippen LogP contribution in [0.1, 0.15) is 18.1 Å². The van der Waals surface area contributed by atoms with Gasteiger partial charge in [-0.25, -0.2) is 0 Å². The summed E-state index contributed by atoms with van der Waals surface area (Å²) in [7, 11) is 0. The van der Waals surface area contributed by atoms with E-state index in [1.54, 1.807) is 0 Å². The quantitative estimate of drug-likeness (QED) is 0.650. The van der Waals surface area contributed by atoms with Crippen molar-refractivity contribution < 1.29 is 9.47 Å². The highest BCUT2D eigenvalue weighted by Crippen LogP contribution is 2.42. The number of fused-ring (bicyclic) bond motifs is 1. The molecule has 3 atom stereocenters. The van der Waals surface area contributed by atoms with Gasteiger partial charge in [-0.2, -0.15) is 0 Å². The predicted octanol–water partition coefficient (Wildman–Crippen LogP) is 1.92. The lowest BCUT2D eigenvalue weighted by Crippen LogP contribution is -2.44. The lowest BCUT2D eigenvalue weighted by atomic mass is 9.94. The van der Waals surface area contributed by atoms with Crippen molar-refractivity contribution in [3.05, 3.63) is 35.9 Å². The summed E-state index contributed by atoms with van der Waals surface area (Å²) >= 11 is 0. The van der Waals surface area contributed by atoms with Crippen LogP contribution in [0.4, 0.5) is 0 Å². The molecule has 0 aliphatic carbocycles. The normalized spacial score (nSPS) is 36.8. The van der Waals surface area contributed by atoms with E-state index in [4.69, 9.17) is 9.47 Å². The maximum Gasteiger partial charge on any atom is 0.114 e. The van der Waals surface area contributed by atoms with Crippen molar-refractivity contribution in [1.82, 2.24) is 0 Å². The van der Waals surface area contributed by atoms with Gasteiger partial charge in [0.15, 0.2) is 0 Å². The average Bonchev–Trinajstić information content (AvgIpc) is 2.50. The topological polar surface area (TPSA) is 18.5 Å². The van der Waals surface area contributed by atoms with Crippen LogP contribution in [-0.2, 0) is 9.47 Å². The standard InChI is InChI=1S/C11H12O2/c1-2-4-8(5-3-1)10-11-9(13-10)6-7-12-11/h1-5,9-11H,6-7H2/t9?,10-,11?/m0/s1. The summed E-state index contributed by atoms with van der Waals surface area (Å²) in [6.07, 6.45) is 1.94. The largest absolute Gasteiger partial charge is 0.372 e. The lowest BCUT2D eigenvalue weighted by Gasteiger charge is -2.39. The van der Waals surface area contributed by atoms with E-state index in [-0.39, 0.29) is 6.10 Å². The summed E-state index contributed by atoms with van der Waals surface area (Å²) < 4.78 is 11.3. The summed E-state index contributed by atoms with van der Waals surface area (Å²) in [5.41, 5.74) is 1.24. The molecule has 2 nitrogen and oxygen atoms in total. The number of rotatable bonds is 1. The van der Waals surface area contributed by atoms with Gasteiger partial charge in [0, 0.05) is 6.61 Å². The van der Waals surface area contributed by atoms with Crippen LogP contribution >= 0.6 is 0 Å². The second kappa shape index (κ2) is 2.82. The van der Waals surface area contributed by atoms with Crippen LogP contribution in [0.25, 0.3) is 0 Å². The molecule has 13 heavy (non-hydrogen) atoms. The number of benzene rings is 1. The van der Waals surface area contributed by atoms with Gasteiger partial charge in [0.1, 0.15) is 12.2 Å². The first-order chi connectivity index (χ1) is 6.45. The van der Waals surface area contributed by atoms with E-state index in [2.05, 4.69) is 12.1 Å². The molecule has 0 N–H and O–H groups in total. The zero-order valence-corrected chi connectivity index (χ0v) is 7.35. The molecule has 0 saturated carbocycles. The predicted molar refractivity (Wildman–Crippen MR) is 48.4 cm³/mol. The molecule has 2 unspecified atom stereocenters. The lowest BCUT2D eigenvalue weighted by molar-refractivity contribution is -0.202. The van der Waals surface area contributed by atoms with Gasteiger partial charge >= 0.3 is 0 Å². The molecule has 1 aromatic rings. The molecule has 0 spiro atoms. The van der Waals surface area contributed by atoms with Gasteiger partial charge in [-0.1, -0.05) is 30.3 Å². The van der Waals surface area contributed by atoms with Crippen molar-refractivity contribution in [2.24, 2.45) is 0 Å². The van der Waals surface area contributed by atoms with Crippen molar-refractivity contribution in [1.29, 1.82) is 0 Å². The molecule has 2 aliphatic rings. The van der Waals surface area contributed by atoms with Gasteiger partial charge in [-0.3, -0.25) is 0 Å². The fourth-order valence-electron chi connectivity index (χ4n) is 2.11. The van der Waals surface area contributed by atoms with Crippen LogP contribution in [0.15, 0.2) is 30.3 Å². The minimum Gasteiger partial charge on any atom is -0.372 e. The molecule has 2 aliphatic heterocycles. The van der Waals surface area contributed by atoms with Crippen LogP contribution in [-0.4, -0.2) is 18.8 Å². The van der Waals surface area contributed by atoms with Crippen molar-refractivity contribution >= 4 is 0 Å². The van der Waals surface area contributed by atoms with Gasteiger partial charge in [0.05, 0.1) is 6.10 Å². The van der Waals surface area contributed by atoms with Crippen LogP contribution in [0, 0.1) is 0 Å². The Balaban J connectivity index is 1.81. The van der Waals surface area contributed by atoms with E-state index in [0.29, 0.717) is 12.2 Å². The number of hydrogen-bond donors (Lipinski definition) is 0. The van der Waals surface area contributed by atoms with Crippen LogP contribution in [0.2, 0.25) is 0 Å². The molecule has 2 heterocycles. The van der Waals surface area contributed by atoms with E-state index < -0.39 is 0 Å². The highest BCUT2D eigenvalue weighted by atomic mass is 16.6. The smallest absolute Gasteiger partial charge is 0.114 e. The Labute approximate surface area is 77.5 Å². The van der Waals surface area contributed by atoms with Crippen molar-refractivity contribution in [2.75, 3.05) is 6.61 Å². The molecule has 0 amide bonds. The Morgan fingerprint density at radius 1 is 1.15 bits per heavy atom. The maximum absolute atomic E-state index is 5.72. The Morgan fingerprint density at radius 3 is 2.77 bits per heavy atom. The van der Waals surface area contributed by atoms with E-state index in [9.17, 15) is 0 Å². The Bertz CT molecular complexity index is 296. The summed E-state index contributed by atoms with van der Waals surface area (Å²) in [4.78, 5) is 0. The fraction of sp³-hybridized carbons (Fsp3) is 0.455. The highest BCUT2D eigenvalue weighted by Gasteiger charge is 2.47. The Morgan fingerprint density at radius 2 is 2.00 bits per heavy atom. The summed E-state index contributed by atoms with van der Waals surface area (Å²) in [6, 6.07) is 10.3. The number of hydrogen-bond acceptors (Lipinski definition) is 2. The van der Waals surface area contributed by atoms with Crippen LogP contribution in [0.5, 0.6) is 0 Å². The minimum atomic E-state index is 0.189. The first-order valence-corrected chi connectivity index (χ1v) is 4.77. The molecule has 68 valence electrons. The Hall–Kier alpha value is -0.860. The molecule has 0 aromatic heterocycles. The minimum absolute atomic E-state index is 0.189. The van der Waals surface area contributed by atoms with Crippen molar-refractivity contribution in [3.63, 3.8) is 0 Å². The van der Waals surface area contributed by atoms with E-state index >= 15 is 0 Å². The molecular weight excluding hydrogens is 164 g/mol. The molecule has 0 bridgehead atoms. The zero-order valence-electron chi connectivity index (χ0n) is 7.35. The molecule has 3 rings (SSSR count). The van der Waals surface area contributed by atoms with Crippen molar-refractivity contribution in [3.8, 4) is 0 Å².